The summed E-state index contributed by atoms with van der Waals surface area (Å²) < 4.78 is 4.81. The molecule has 0 saturated heterocycles. The number of H-pyrrole nitrogens is 1. The van der Waals surface area contributed by atoms with Crippen LogP contribution in [0.1, 0.15) is 17.3 Å². The van der Waals surface area contributed by atoms with Crippen molar-refractivity contribution >= 4 is 23.0 Å². The molecule has 0 unspecified atom stereocenters. The molecule has 0 bridgehead atoms. The second kappa shape index (κ2) is 5.05. The van der Waals surface area contributed by atoms with Crippen molar-refractivity contribution in [1.29, 1.82) is 0 Å². The van der Waals surface area contributed by atoms with Gasteiger partial charge in [-0.3, -0.25) is 4.79 Å². The Labute approximate surface area is 109 Å². The lowest BCUT2D eigenvalue weighted by molar-refractivity contribution is 0.0524. The minimum absolute atomic E-state index is 0.0458. The van der Waals surface area contributed by atoms with Gasteiger partial charge in [0.2, 0.25) is 11.4 Å². The summed E-state index contributed by atoms with van der Waals surface area (Å²) >= 11 is 0. The first-order valence-corrected chi connectivity index (χ1v) is 5.77. The van der Waals surface area contributed by atoms with Crippen LogP contribution in [0.4, 0.5) is 5.95 Å². The van der Waals surface area contributed by atoms with Gasteiger partial charge in [-0.15, -0.1) is 0 Å². The number of aromatic amines is 1. The molecule has 19 heavy (non-hydrogen) atoms. The van der Waals surface area contributed by atoms with Gasteiger partial charge in [-0.2, -0.15) is 4.98 Å². The van der Waals surface area contributed by atoms with E-state index in [9.17, 15) is 9.59 Å². The second-order valence-electron chi connectivity index (χ2n) is 4.08. The Morgan fingerprint density at radius 3 is 2.84 bits per heavy atom. The van der Waals surface area contributed by atoms with Crippen LogP contribution in [-0.4, -0.2) is 41.6 Å². The van der Waals surface area contributed by atoms with Crippen LogP contribution in [0, 0.1) is 0 Å². The first-order valence-electron chi connectivity index (χ1n) is 5.77. The van der Waals surface area contributed by atoms with Gasteiger partial charge < -0.3 is 14.6 Å². The van der Waals surface area contributed by atoms with Gasteiger partial charge >= 0.3 is 5.97 Å². The fraction of sp³-hybridized carbons (Fsp3) is 0.333. The molecule has 0 aliphatic heterocycles. The second-order valence-corrected chi connectivity index (χ2v) is 4.08. The summed E-state index contributed by atoms with van der Waals surface area (Å²) in [5, 5.41) is 0.260. The van der Waals surface area contributed by atoms with Crippen molar-refractivity contribution in [2.45, 2.75) is 6.92 Å². The third-order valence-electron chi connectivity index (χ3n) is 2.51. The first kappa shape index (κ1) is 13.0. The van der Waals surface area contributed by atoms with E-state index in [2.05, 4.69) is 15.0 Å². The van der Waals surface area contributed by atoms with Crippen LogP contribution in [0.15, 0.2) is 17.2 Å². The van der Waals surface area contributed by atoms with Gasteiger partial charge in [0.1, 0.15) is 11.2 Å². The number of carbonyl (C=O) groups excluding carboxylic acids is 1. The van der Waals surface area contributed by atoms with Crippen molar-refractivity contribution in [2.75, 3.05) is 25.6 Å². The molecular weight excluding hydrogens is 248 g/mol. The van der Waals surface area contributed by atoms with E-state index in [4.69, 9.17) is 4.74 Å². The highest BCUT2D eigenvalue weighted by atomic mass is 16.5. The third-order valence-corrected chi connectivity index (χ3v) is 2.51. The van der Waals surface area contributed by atoms with Crippen LogP contribution in [0.2, 0.25) is 0 Å². The molecule has 1 N–H and O–H groups in total. The number of pyridine rings is 1. The number of rotatable bonds is 3. The summed E-state index contributed by atoms with van der Waals surface area (Å²) in [7, 11) is 3.60. The molecule has 2 heterocycles. The van der Waals surface area contributed by atoms with Crippen molar-refractivity contribution in [1.82, 2.24) is 15.0 Å². The molecule has 0 atom stereocenters. The Morgan fingerprint density at radius 1 is 1.47 bits per heavy atom. The molecule has 2 aromatic rings. The summed E-state index contributed by atoms with van der Waals surface area (Å²) in [6, 6.07) is 0. The van der Waals surface area contributed by atoms with Gasteiger partial charge in [-0.05, 0) is 6.92 Å². The average Bonchev–Trinajstić information content (AvgIpc) is 2.38. The van der Waals surface area contributed by atoms with E-state index in [-0.39, 0.29) is 17.6 Å². The van der Waals surface area contributed by atoms with E-state index in [1.807, 2.05) is 0 Å². The quantitative estimate of drug-likeness (QED) is 0.813. The van der Waals surface area contributed by atoms with Crippen molar-refractivity contribution < 1.29 is 9.53 Å². The van der Waals surface area contributed by atoms with Gasteiger partial charge in [0, 0.05) is 26.5 Å². The molecule has 7 nitrogen and oxygen atoms in total. The summed E-state index contributed by atoms with van der Waals surface area (Å²) in [5.41, 5.74) is -0.0928. The zero-order valence-electron chi connectivity index (χ0n) is 10.9. The molecule has 0 aliphatic carbocycles. The molecule has 0 saturated carbocycles. The van der Waals surface area contributed by atoms with Crippen molar-refractivity contribution in [2.24, 2.45) is 0 Å². The minimum Gasteiger partial charge on any atom is -0.462 e. The van der Waals surface area contributed by atoms with Crippen LogP contribution in [-0.2, 0) is 4.74 Å². The highest BCUT2D eigenvalue weighted by Gasteiger charge is 2.15. The van der Waals surface area contributed by atoms with Crippen molar-refractivity contribution in [3.8, 4) is 0 Å². The summed E-state index contributed by atoms with van der Waals surface area (Å²) in [6.45, 7) is 1.89. The molecule has 2 aromatic heterocycles. The largest absolute Gasteiger partial charge is 0.462 e. The Bertz CT molecular complexity index is 678. The smallest absolute Gasteiger partial charge is 0.343 e. The standard InChI is InChI=1S/C12H14N4O3/c1-4-19-11(18)8-6-13-10-7(9(8)17)5-14-12(15-10)16(2)3/h5-6H,4H2,1-3H3,(H,13,14,15,17). The number of nitrogens with zero attached hydrogens (tertiary/aromatic N) is 3. The van der Waals surface area contributed by atoms with Crippen LogP contribution >= 0.6 is 0 Å². The Balaban J connectivity index is 2.57. The maximum Gasteiger partial charge on any atom is 0.343 e. The number of nitrogens with one attached hydrogen (secondary N) is 1. The molecule has 0 spiro atoms. The lowest BCUT2D eigenvalue weighted by Gasteiger charge is -2.10. The number of ether oxygens (including phenoxy) is 1. The number of esters is 1. The fourth-order valence-electron chi connectivity index (χ4n) is 1.58. The average molecular weight is 262 g/mol. The van der Waals surface area contributed by atoms with E-state index >= 15 is 0 Å². The highest BCUT2D eigenvalue weighted by Crippen LogP contribution is 2.09. The Kier molecular flexibility index (Phi) is 3.46. The van der Waals surface area contributed by atoms with Crippen LogP contribution in [0.5, 0.6) is 0 Å². The molecule has 7 heteroatoms. The zero-order valence-corrected chi connectivity index (χ0v) is 10.9. The van der Waals surface area contributed by atoms with E-state index in [0.29, 0.717) is 11.6 Å². The summed E-state index contributed by atoms with van der Waals surface area (Å²) in [4.78, 5) is 36.5. The lowest BCUT2D eigenvalue weighted by Crippen LogP contribution is -2.19. The maximum atomic E-state index is 12.1. The minimum atomic E-state index is -0.651. The summed E-state index contributed by atoms with van der Waals surface area (Å²) in [5.74, 6) is -0.172. The molecular formula is C12H14N4O3. The first-order chi connectivity index (χ1) is 9.04. The maximum absolute atomic E-state index is 12.1. The topological polar surface area (TPSA) is 88.2 Å². The van der Waals surface area contributed by atoms with Crippen molar-refractivity contribution in [3.63, 3.8) is 0 Å². The van der Waals surface area contributed by atoms with Gasteiger partial charge in [-0.1, -0.05) is 0 Å². The molecule has 100 valence electrons. The van der Waals surface area contributed by atoms with Crippen LogP contribution < -0.4 is 10.3 Å². The molecule has 2 rings (SSSR count). The van der Waals surface area contributed by atoms with E-state index < -0.39 is 11.4 Å². The lowest BCUT2D eigenvalue weighted by atomic mass is 10.2. The normalized spacial score (nSPS) is 10.5. The molecule has 0 aromatic carbocycles. The van der Waals surface area contributed by atoms with Gasteiger partial charge in [0.05, 0.1) is 12.0 Å². The number of fused-ring (bicyclic) bond motifs is 1. The van der Waals surface area contributed by atoms with Gasteiger partial charge in [-0.25, -0.2) is 9.78 Å². The van der Waals surface area contributed by atoms with E-state index in [1.165, 1.54) is 12.4 Å². The monoisotopic (exact) mass is 262 g/mol. The number of hydrogen-bond acceptors (Lipinski definition) is 6. The predicted molar refractivity (Wildman–Crippen MR) is 70.4 cm³/mol. The van der Waals surface area contributed by atoms with Crippen molar-refractivity contribution in [3.05, 3.63) is 28.2 Å². The third kappa shape index (κ3) is 2.40. The van der Waals surface area contributed by atoms with Crippen LogP contribution in [0.25, 0.3) is 11.0 Å². The van der Waals surface area contributed by atoms with E-state index in [1.54, 1.807) is 25.9 Å². The Hall–Kier alpha value is -2.44. The molecule has 0 fully saturated rings. The molecule has 0 amide bonds. The molecule has 0 aliphatic rings. The van der Waals surface area contributed by atoms with Gasteiger partial charge in [0.25, 0.3) is 0 Å². The number of anilines is 1. The number of aromatic nitrogens is 3. The highest BCUT2D eigenvalue weighted by molar-refractivity contribution is 5.92. The SMILES string of the molecule is CCOC(=O)c1c[nH]c2nc(N(C)C)ncc2c1=O. The Morgan fingerprint density at radius 2 is 2.21 bits per heavy atom. The number of hydrogen-bond donors (Lipinski definition) is 1. The predicted octanol–water partition coefficient (Wildman–Crippen LogP) is 0.561. The fourth-order valence-corrected chi connectivity index (χ4v) is 1.58. The van der Waals surface area contributed by atoms with Gasteiger partial charge in [0.15, 0.2) is 0 Å². The van der Waals surface area contributed by atoms with E-state index in [0.717, 1.165) is 0 Å². The van der Waals surface area contributed by atoms with Crippen LogP contribution in [0.3, 0.4) is 0 Å². The summed E-state index contributed by atoms with van der Waals surface area (Å²) in [6.07, 6.45) is 2.72. The molecule has 0 radical (unpaired) electrons. The zero-order chi connectivity index (χ0) is 14.0. The number of carbonyl (C=O) groups is 1.